The summed E-state index contributed by atoms with van der Waals surface area (Å²) in [5, 5.41) is 2.29. The zero-order valence-electron chi connectivity index (χ0n) is 34.4. The first-order valence-electron chi connectivity index (χ1n) is 21.6. The van der Waals surface area contributed by atoms with Gasteiger partial charge in [0.1, 0.15) is 0 Å². The first kappa shape index (κ1) is 36.6. The number of hydrogen-bond donors (Lipinski definition) is 0. The molecule has 12 rings (SSSR count). The van der Waals surface area contributed by atoms with Crippen molar-refractivity contribution in [3.05, 3.63) is 276 Å². The van der Waals surface area contributed by atoms with Crippen LogP contribution in [0.15, 0.2) is 237 Å². The smallest absolute Gasteiger partial charge is 0.238 e. The fraction of sp³-hybridized carbons (Fsp3) is 0.0339. The van der Waals surface area contributed by atoms with E-state index in [1.54, 1.807) is 0 Å². The molecule has 0 aliphatic heterocycles. The van der Waals surface area contributed by atoms with E-state index in [1.807, 2.05) is 0 Å². The quantitative estimate of drug-likeness (QED) is 0.144. The summed E-state index contributed by atoms with van der Waals surface area (Å²) in [4.78, 5) is 16.5. The van der Waals surface area contributed by atoms with Gasteiger partial charge in [-0.1, -0.05) is 218 Å². The molecule has 0 radical (unpaired) electrons. The van der Waals surface area contributed by atoms with Gasteiger partial charge >= 0.3 is 0 Å². The number of rotatable bonds is 8. The summed E-state index contributed by atoms with van der Waals surface area (Å²) in [6.45, 7) is 0. The Hall–Kier alpha value is -8.21. The maximum Gasteiger partial charge on any atom is 0.238 e. The highest BCUT2D eigenvalue weighted by Crippen LogP contribution is 2.50. The van der Waals surface area contributed by atoms with E-state index in [4.69, 9.17) is 15.0 Å². The molecule has 4 heteroatoms. The molecule has 0 fully saturated rings. The second-order valence-electron chi connectivity index (χ2n) is 16.3. The molecule has 1 aliphatic carbocycles. The van der Waals surface area contributed by atoms with Gasteiger partial charge in [-0.3, -0.25) is 4.57 Å². The monoisotopic (exact) mass is 804 g/mol. The Morgan fingerprint density at radius 1 is 0.365 bits per heavy atom. The van der Waals surface area contributed by atoms with Crippen LogP contribution in [0.2, 0.25) is 0 Å². The molecule has 1 aliphatic rings. The molecule has 2 heterocycles. The zero-order valence-corrected chi connectivity index (χ0v) is 34.4. The lowest BCUT2D eigenvalue weighted by atomic mass is 9.64. The Kier molecular flexibility index (Phi) is 8.75. The van der Waals surface area contributed by atoms with E-state index in [-0.39, 0.29) is 5.92 Å². The highest BCUT2D eigenvalue weighted by atomic mass is 15.2. The number of para-hydroxylation sites is 2. The highest BCUT2D eigenvalue weighted by molar-refractivity contribution is 6.09. The fourth-order valence-electron chi connectivity index (χ4n) is 10.3. The van der Waals surface area contributed by atoms with Crippen molar-refractivity contribution in [1.29, 1.82) is 0 Å². The Bertz CT molecular complexity index is 3270. The van der Waals surface area contributed by atoms with Crippen molar-refractivity contribution in [2.45, 2.75) is 11.3 Å². The molecular formula is C59H40N4. The van der Waals surface area contributed by atoms with E-state index in [0.717, 1.165) is 55.2 Å². The van der Waals surface area contributed by atoms with Crippen molar-refractivity contribution in [3.63, 3.8) is 0 Å². The molecule has 0 atom stereocenters. The summed E-state index contributed by atoms with van der Waals surface area (Å²) in [5.41, 5.74) is 14.1. The Morgan fingerprint density at radius 2 is 0.825 bits per heavy atom. The molecule has 0 saturated carbocycles. The lowest BCUT2D eigenvalue weighted by Crippen LogP contribution is -2.31. The summed E-state index contributed by atoms with van der Waals surface area (Å²) in [7, 11) is 0. The normalized spacial score (nSPS) is 12.4. The maximum absolute atomic E-state index is 5.53. The minimum atomic E-state index is -0.719. The fourth-order valence-corrected chi connectivity index (χ4v) is 10.3. The highest BCUT2D eigenvalue weighted by Gasteiger charge is 2.40. The van der Waals surface area contributed by atoms with Crippen LogP contribution in [-0.2, 0) is 5.41 Å². The average Bonchev–Trinajstić information content (AvgIpc) is 3.89. The molecule has 0 N–H and O–H groups in total. The van der Waals surface area contributed by atoms with Crippen molar-refractivity contribution < 1.29 is 0 Å². The van der Waals surface area contributed by atoms with Crippen LogP contribution in [0.1, 0.15) is 44.9 Å². The molecule has 0 bridgehead atoms. The Morgan fingerprint density at radius 3 is 1.40 bits per heavy atom. The molecule has 0 saturated heterocycles. The van der Waals surface area contributed by atoms with E-state index >= 15 is 0 Å². The van der Waals surface area contributed by atoms with Gasteiger partial charge in [-0.25, -0.2) is 4.98 Å². The van der Waals surface area contributed by atoms with Crippen LogP contribution in [0.5, 0.6) is 0 Å². The molecule has 9 aromatic carbocycles. The van der Waals surface area contributed by atoms with Gasteiger partial charge in [-0.15, -0.1) is 0 Å². The van der Waals surface area contributed by atoms with Crippen molar-refractivity contribution in [2.75, 3.05) is 0 Å². The first-order chi connectivity index (χ1) is 31.3. The molecule has 4 nitrogen and oxygen atoms in total. The lowest BCUT2D eigenvalue weighted by Gasteiger charge is -2.38. The van der Waals surface area contributed by atoms with Crippen LogP contribution in [0.25, 0.3) is 61.7 Å². The molecule has 2 aromatic heterocycles. The molecule has 296 valence electrons. The summed E-state index contributed by atoms with van der Waals surface area (Å²) in [6.07, 6.45) is 0. The maximum atomic E-state index is 5.53. The number of hydrogen-bond acceptors (Lipinski definition) is 3. The van der Waals surface area contributed by atoms with Crippen LogP contribution in [-0.4, -0.2) is 19.5 Å². The average molecular weight is 805 g/mol. The van der Waals surface area contributed by atoms with E-state index in [2.05, 4.69) is 241 Å². The number of nitrogens with zero attached hydrogens (tertiary/aromatic N) is 4. The predicted molar refractivity (Wildman–Crippen MR) is 256 cm³/mol. The third-order valence-corrected chi connectivity index (χ3v) is 12.9. The van der Waals surface area contributed by atoms with Crippen LogP contribution >= 0.6 is 0 Å². The van der Waals surface area contributed by atoms with E-state index in [0.29, 0.717) is 17.6 Å². The molecule has 11 aromatic rings. The summed E-state index contributed by atoms with van der Waals surface area (Å²) in [5.74, 6) is 1.85. The second kappa shape index (κ2) is 15.1. The summed E-state index contributed by atoms with van der Waals surface area (Å²) < 4.78 is 2.20. The van der Waals surface area contributed by atoms with Crippen LogP contribution in [0, 0.1) is 0 Å². The Balaban J connectivity index is 1.14. The van der Waals surface area contributed by atoms with Gasteiger partial charge in [-0.05, 0) is 68.3 Å². The minimum absolute atomic E-state index is 0.0828. The van der Waals surface area contributed by atoms with Crippen LogP contribution in [0.4, 0.5) is 0 Å². The van der Waals surface area contributed by atoms with Gasteiger partial charge in [0.25, 0.3) is 0 Å². The standard InChI is InChI=1S/C59H40N4/c1-4-23-42(24-5-1)59(43-25-6-2-7-26-43,44-27-8-3-9-28-44)52-36-17-14-35-51(52)57-60-56(61-58(62-57)63-53-37-18-15-31-47(53)48-32-16-19-38-54(48)63)41-22-20-21-40(39-41)55-49-33-12-10-29-45(49)46-30-11-13-34-50(46)55/h1-39,55H. The zero-order chi connectivity index (χ0) is 41.7. The third-order valence-electron chi connectivity index (χ3n) is 12.9. The van der Waals surface area contributed by atoms with Gasteiger partial charge in [-0.2, -0.15) is 9.97 Å². The van der Waals surface area contributed by atoms with E-state index in [9.17, 15) is 0 Å². The van der Waals surface area contributed by atoms with Crippen molar-refractivity contribution in [1.82, 2.24) is 19.5 Å². The summed E-state index contributed by atoms with van der Waals surface area (Å²) in [6, 6.07) is 84.6. The number of benzene rings is 9. The van der Waals surface area contributed by atoms with Crippen molar-refractivity contribution in [2.24, 2.45) is 0 Å². The molecule has 0 amide bonds. The van der Waals surface area contributed by atoms with Gasteiger partial charge in [0.2, 0.25) is 5.95 Å². The number of aromatic nitrogens is 4. The first-order valence-corrected chi connectivity index (χ1v) is 21.6. The van der Waals surface area contributed by atoms with Crippen LogP contribution < -0.4 is 0 Å². The Labute approximate surface area is 366 Å². The predicted octanol–water partition coefficient (Wildman–Crippen LogP) is 13.8. The van der Waals surface area contributed by atoms with Crippen molar-refractivity contribution in [3.8, 4) is 39.9 Å². The molecule has 63 heavy (non-hydrogen) atoms. The van der Waals surface area contributed by atoms with E-state index < -0.39 is 5.41 Å². The van der Waals surface area contributed by atoms with Crippen molar-refractivity contribution >= 4 is 21.8 Å². The number of fused-ring (bicyclic) bond motifs is 6. The summed E-state index contributed by atoms with van der Waals surface area (Å²) >= 11 is 0. The lowest BCUT2D eigenvalue weighted by molar-refractivity contribution is 0.745. The second-order valence-corrected chi connectivity index (χ2v) is 16.3. The minimum Gasteiger partial charge on any atom is -0.278 e. The topological polar surface area (TPSA) is 43.6 Å². The molecule has 0 spiro atoms. The largest absolute Gasteiger partial charge is 0.278 e. The van der Waals surface area contributed by atoms with Gasteiger partial charge < -0.3 is 0 Å². The molecular weight excluding hydrogens is 765 g/mol. The SMILES string of the molecule is c1ccc(C(c2ccccc2)(c2ccccc2)c2ccccc2-c2nc(-c3cccc(C4c5ccccc5-c5ccccc54)c3)nc(-n3c4ccccc4c4ccccc43)n2)cc1. The van der Waals surface area contributed by atoms with Gasteiger partial charge in [0.15, 0.2) is 11.6 Å². The third kappa shape index (κ3) is 5.87. The van der Waals surface area contributed by atoms with E-state index in [1.165, 1.54) is 27.8 Å². The van der Waals surface area contributed by atoms with Gasteiger partial charge in [0, 0.05) is 27.8 Å². The van der Waals surface area contributed by atoms with Crippen LogP contribution in [0.3, 0.4) is 0 Å². The van der Waals surface area contributed by atoms with Gasteiger partial charge in [0.05, 0.1) is 16.4 Å². The molecule has 0 unspecified atom stereocenters.